The molecule has 1 aromatic heterocycles. The van der Waals surface area contributed by atoms with Crippen LogP contribution in [0.25, 0.3) is 0 Å². The Balaban J connectivity index is 2.51. The largest absolute Gasteiger partial charge is 0.388 e. The van der Waals surface area contributed by atoms with Crippen molar-refractivity contribution in [3.63, 3.8) is 0 Å². The fourth-order valence-corrected chi connectivity index (χ4v) is 2.07. The summed E-state index contributed by atoms with van der Waals surface area (Å²) < 4.78 is 1.18. The number of hydrogen-bond acceptors (Lipinski definition) is 5. The molecule has 1 fully saturated rings. The molecule has 1 unspecified atom stereocenters. The molecule has 1 atom stereocenters. The van der Waals surface area contributed by atoms with Gasteiger partial charge in [0.15, 0.2) is 0 Å². The predicted octanol–water partition coefficient (Wildman–Crippen LogP) is -1.38. The van der Waals surface area contributed by atoms with E-state index in [1.165, 1.54) is 11.6 Å². The van der Waals surface area contributed by atoms with E-state index in [4.69, 9.17) is 5.73 Å². The lowest BCUT2D eigenvalue weighted by atomic mass is 10.1. The Bertz CT molecular complexity index is 558. The van der Waals surface area contributed by atoms with Crippen molar-refractivity contribution in [3.05, 3.63) is 20.8 Å². The Morgan fingerprint density at radius 2 is 2.12 bits per heavy atom. The fourth-order valence-electron chi connectivity index (χ4n) is 2.07. The molecule has 2 rings (SSSR count). The first-order valence-electron chi connectivity index (χ1n) is 5.38. The van der Waals surface area contributed by atoms with E-state index in [1.807, 2.05) is 0 Å². The molecule has 0 bridgehead atoms. The molecule has 1 aliphatic rings. The number of anilines is 2. The molecule has 94 valence electrons. The smallest absolute Gasteiger partial charge is 0.329 e. The number of β-amino-alcohol motifs (C(OH)–C–C–N with tert-alkyl or cyclic N) is 1. The molecular formula is C10H16N4O3. The Morgan fingerprint density at radius 3 is 2.65 bits per heavy atom. The number of nitrogens with two attached hydrogens (primary N) is 1. The molecule has 7 nitrogen and oxygen atoms in total. The van der Waals surface area contributed by atoms with Crippen molar-refractivity contribution in [2.24, 2.45) is 7.05 Å². The standard InChI is InChI=1S/C10H16N4O3/c1-10(17)3-4-14(5-10)6-7(11)13(2)9(16)12-8(6)15/h17H,3-5,11H2,1-2H3,(H,12,15,16). The molecular weight excluding hydrogens is 224 g/mol. The average Bonchev–Trinajstić information content (AvgIpc) is 2.55. The molecule has 0 radical (unpaired) electrons. The molecule has 1 aliphatic heterocycles. The van der Waals surface area contributed by atoms with Gasteiger partial charge in [0.05, 0.1) is 5.60 Å². The summed E-state index contributed by atoms with van der Waals surface area (Å²) in [5.74, 6) is 0.122. The minimum Gasteiger partial charge on any atom is -0.388 e. The van der Waals surface area contributed by atoms with Gasteiger partial charge in [-0.2, -0.15) is 0 Å². The third-order valence-corrected chi connectivity index (χ3v) is 3.11. The van der Waals surface area contributed by atoms with Crippen LogP contribution in [0.1, 0.15) is 13.3 Å². The third kappa shape index (κ3) is 1.93. The molecule has 1 aromatic rings. The summed E-state index contributed by atoms with van der Waals surface area (Å²) in [5.41, 5.74) is 4.15. The van der Waals surface area contributed by atoms with Crippen molar-refractivity contribution >= 4 is 11.5 Å². The van der Waals surface area contributed by atoms with Crippen LogP contribution in [0.5, 0.6) is 0 Å². The maximum absolute atomic E-state index is 11.7. The van der Waals surface area contributed by atoms with E-state index in [-0.39, 0.29) is 11.5 Å². The van der Waals surface area contributed by atoms with Gasteiger partial charge in [-0.3, -0.25) is 14.3 Å². The van der Waals surface area contributed by atoms with Crippen LogP contribution in [0.15, 0.2) is 9.59 Å². The topological polar surface area (TPSA) is 104 Å². The number of aromatic nitrogens is 2. The van der Waals surface area contributed by atoms with Crippen LogP contribution in [0.2, 0.25) is 0 Å². The zero-order valence-electron chi connectivity index (χ0n) is 9.86. The van der Waals surface area contributed by atoms with E-state index in [9.17, 15) is 14.7 Å². The summed E-state index contributed by atoms with van der Waals surface area (Å²) in [6, 6.07) is 0. The molecule has 0 aliphatic carbocycles. The second-order valence-electron chi connectivity index (χ2n) is 4.72. The first-order chi connectivity index (χ1) is 7.82. The Kier molecular flexibility index (Phi) is 2.50. The van der Waals surface area contributed by atoms with Crippen LogP contribution in [-0.2, 0) is 7.05 Å². The molecule has 2 heterocycles. The summed E-state index contributed by atoms with van der Waals surface area (Å²) in [6.45, 7) is 2.58. The van der Waals surface area contributed by atoms with Gasteiger partial charge in [0.2, 0.25) is 0 Å². The van der Waals surface area contributed by atoms with Crippen molar-refractivity contribution in [1.29, 1.82) is 0 Å². The van der Waals surface area contributed by atoms with Crippen LogP contribution in [0.3, 0.4) is 0 Å². The van der Waals surface area contributed by atoms with Crippen LogP contribution in [0.4, 0.5) is 11.5 Å². The molecule has 0 spiro atoms. The minimum atomic E-state index is -0.826. The van der Waals surface area contributed by atoms with Crippen LogP contribution in [-0.4, -0.2) is 33.3 Å². The van der Waals surface area contributed by atoms with Gasteiger partial charge in [-0.25, -0.2) is 4.79 Å². The monoisotopic (exact) mass is 240 g/mol. The van der Waals surface area contributed by atoms with Gasteiger partial charge in [-0.15, -0.1) is 0 Å². The molecule has 0 amide bonds. The van der Waals surface area contributed by atoms with Crippen molar-refractivity contribution in [1.82, 2.24) is 9.55 Å². The number of nitrogens with zero attached hydrogens (tertiary/aromatic N) is 2. The quantitative estimate of drug-likeness (QED) is 0.561. The SMILES string of the molecule is Cn1c(N)c(N2CCC(C)(O)C2)c(=O)[nH]c1=O. The number of rotatable bonds is 1. The van der Waals surface area contributed by atoms with Crippen LogP contribution < -0.4 is 21.9 Å². The highest BCUT2D eigenvalue weighted by Gasteiger charge is 2.33. The van der Waals surface area contributed by atoms with E-state index < -0.39 is 16.9 Å². The zero-order chi connectivity index (χ0) is 12.8. The summed E-state index contributed by atoms with van der Waals surface area (Å²) >= 11 is 0. The summed E-state index contributed by atoms with van der Waals surface area (Å²) in [4.78, 5) is 27.0. The fraction of sp³-hybridized carbons (Fsp3) is 0.600. The van der Waals surface area contributed by atoms with Crippen LogP contribution >= 0.6 is 0 Å². The van der Waals surface area contributed by atoms with Gasteiger partial charge in [0.1, 0.15) is 11.5 Å². The van der Waals surface area contributed by atoms with Gasteiger partial charge >= 0.3 is 5.69 Å². The molecule has 0 aromatic carbocycles. The number of H-pyrrole nitrogens is 1. The Labute approximate surface area is 97.5 Å². The van der Waals surface area contributed by atoms with E-state index in [2.05, 4.69) is 4.98 Å². The number of hydrogen-bond donors (Lipinski definition) is 3. The highest BCUT2D eigenvalue weighted by atomic mass is 16.3. The molecule has 7 heteroatoms. The lowest BCUT2D eigenvalue weighted by molar-refractivity contribution is 0.0839. The lowest BCUT2D eigenvalue weighted by Crippen LogP contribution is -2.38. The van der Waals surface area contributed by atoms with Gasteiger partial charge in [0, 0.05) is 20.1 Å². The van der Waals surface area contributed by atoms with Crippen molar-refractivity contribution in [2.75, 3.05) is 23.7 Å². The van der Waals surface area contributed by atoms with E-state index in [0.717, 1.165) is 0 Å². The first kappa shape index (κ1) is 11.7. The number of nitrogen functional groups attached to an aromatic ring is 1. The van der Waals surface area contributed by atoms with Crippen molar-refractivity contribution < 1.29 is 5.11 Å². The molecule has 4 N–H and O–H groups in total. The van der Waals surface area contributed by atoms with Crippen molar-refractivity contribution in [2.45, 2.75) is 18.9 Å². The minimum absolute atomic E-state index is 0.122. The first-order valence-corrected chi connectivity index (χ1v) is 5.38. The van der Waals surface area contributed by atoms with Crippen LogP contribution in [0, 0.1) is 0 Å². The van der Waals surface area contributed by atoms with E-state index in [1.54, 1.807) is 11.8 Å². The van der Waals surface area contributed by atoms with Gasteiger partial charge in [-0.1, -0.05) is 0 Å². The zero-order valence-corrected chi connectivity index (χ0v) is 9.86. The summed E-state index contributed by atoms with van der Waals surface area (Å²) in [7, 11) is 1.49. The van der Waals surface area contributed by atoms with Gasteiger partial charge in [0.25, 0.3) is 5.56 Å². The second-order valence-corrected chi connectivity index (χ2v) is 4.72. The third-order valence-electron chi connectivity index (χ3n) is 3.11. The van der Waals surface area contributed by atoms with Crippen molar-refractivity contribution in [3.8, 4) is 0 Å². The summed E-state index contributed by atoms with van der Waals surface area (Å²) in [5, 5.41) is 9.87. The number of aliphatic hydroxyl groups is 1. The van der Waals surface area contributed by atoms with E-state index >= 15 is 0 Å². The molecule has 1 saturated heterocycles. The normalized spacial score (nSPS) is 24.3. The van der Waals surface area contributed by atoms with Gasteiger partial charge < -0.3 is 15.7 Å². The van der Waals surface area contributed by atoms with E-state index in [0.29, 0.717) is 19.5 Å². The Hall–Kier alpha value is -1.76. The number of nitrogens with one attached hydrogen (secondary N) is 1. The maximum atomic E-state index is 11.7. The summed E-state index contributed by atoms with van der Waals surface area (Å²) in [6.07, 6.45) is 0.564. The van der Waals surface area contributed by atoms with Gasteiger partial charge in [-0.05, 0) is 13.3 Å². The molecule has 17 heavy (non-hydrogen) atoms. The second kappa shape index (κ2) is 3.63. The maximum Gasteiger partial charge on any atom is 0.329 e. The Morgan fingerprint density at radius 1 is 1.47 bits per heavy atom. The average molecular weight is 240 g/mol. The molecule has 0 saturated carbocycles. The highest BCUT2D eigenvalue weighted by molar-refractivity contribution is 5.63. The highest BCUT2D eigenvalue weighted by Crippen LogP contribution is 2.26. The predicted molar refractivity (Wildman–Crippen MR) is 64.2 cm³/mol. The lowest BCUT2D eigenvalue weighted by Gasteiger charge is -2.21. The number of aromatic amines is 1.